The first-order valence-corrected chi connectivity index (χ1v) is 10.3. The molecule has 0 aliphatic rings. The maximum Gasteiger partial charge on any atom is 0.225 e. The van der Waals surface area contributed by atoms with E-state index in [2.05, 4.69) is 35.0 Å². The summed E-state index contributed by atoms with van der Waals surface area (Å²) in [6, 6.07) is 16.3. The van der Waals surface area contributed by atoms with E-state index in [1.54, 1.807) is 0 Å². The minimum Gasteiger partial charge on any atom is -0.494 e. The second-order valence-corrected chi connectivity index (χ2v) is 8.30. The smallest absolute Gasteiger partial charge is 0.225 e. The highest BCUT2D eigenvalue weighted by Crippen LogP contribution is 2.18. The number of benzene rings is 2. The fourth-order valence-corrected chi connectivity index (χ4v) is 3.17. The van der Waals surface area contributed by atoms with E-state index in [1.807, 2.05) is 51.1 Å². The summed E-state index contributed by atoms with van der Waals surface area (Å²) in [5.41, 5.74) is 2.92. The number of aryl methyl sites for hydroxylation is 2. The van der Waals surface area contributed by atoms with Crippen molar-refractivity contribution in [1.82, 2.24) is 14.9 Å². The lowest BCUT2D eigenvalue weighted by atomic mass is 9.96. The number of carbonyl (C=O) groups excluding carboxylic acids is 1. The van der Waals surface area contributed by atoms with E-state index in [1.165, 1.54) is 5.56 Å². The molecule has 29 heavy (non-hydrogen) atoms. The van der Waals surface area contributed by atoms with Crippen molar-refractivity contribution in [2.24, 2.45) is 5.41 Å². The van der Waals surface area contributed by atoms with Crippen LogP contribution < -0.4 is 10.1 Å². The second-order valence-electron chi connectivity index (χ2n) is 8.30. The molecule has 0 unspecified atom stereocenters. The Labute approximate surface area is 173 Å². The fraction of sp³-hybridized carbons (Fsp3) is 0.417. The summed E-state index contributed by atoms with van der Waals surface area (Å²) >= 11 is 0. The number of hydrogen-bond donors (Lipinski definition) is 1. The molecule has 1 aromatic heterocycles. The molecule has 2 aromatic carbocycles. The monoisotopic (exact) mass is 393 g/mol. The minimum atomic E-state index is -0.419. The zero-order valence-electron chi connectivity index (χ0n) is 17.9. The summed E-state index contributed by atoms with van der Waals surface area (Å²) in [6.07, 6.45) is 1.89. The predicted octanol–water partition coefficient (Wildman–Crippen LogP) is 4.73. The van der Waals surface area contributed by atoms with Crippen molar-refractivity contribution in [2.45, 2.75) is 53.6 Å². The Balaban J connectivity index is 1.64. The van der Waals surface area contributed by atoms with Crippen LogP contribution >= 0.6 is 0 Å². The van der Waals surface area contributed by atoms with Crippen LogP contribution in [-0.4, -0.2) is 22.1 Å². The van der Waals surface area contributed by atoms with Crippen LogP contribution in [0.3, 0.4) is 0 Å². The van der Waals surface area contributed by atoms with Gasteiger partial charge in [-0.1, -0.05) is 52.0 Å². The van der Waals surface area contributed by atoms with Crippen molar-refractivity contribution >= 4 is 16.9 Å². The summed E-state index contributed by atoms with van der Waals surface area (Å²) < 4.78 is 8.08. The predicted molar refractivity (Wildman–Crippen MR) is 117 cm³/mol. The van der Waals surface area contributed by atoms with E-state index in [0.717, 1.165) is 42.0 Å². The van der Waals surface area contributed by atoms with Gasteiger partial charge in [0, 0.05) is 12.0 Å². The number of ether oxygens (including phenoxy) is 1. The maximum absolute atomic E-state index is 12.3. The Morgan fingerprint density at radius 3 is 2.52 bits per heavy atom. The molecule has 1 heterocycles. The molecule has 5 heteroatoms. The highest BCUT2D eigenvalue weighted by atomic mass is 16.5. The molecule has 0 atom stereocenters. The Morgan fingerprint density at radius 1 is 1.10 bits per heavy atom. The average Bonchev–Trinajstić information content (AvgIpc) is 3.06. The molecule has 1 amide bonds. The largest absolute Gasteiger partial charge is 0.494 e. The molecule has 1 N–H and O–H groups in total. The van der Waals surface area contributed by atoms with Gasteiger partial charge < -0.3 is 14.6 Å². The number of nitrogens with zero attached hydrogens (tertiary/aromatic N) is 2. The molecule has 0 radical (unpaired) electrons. The van der Waals surface area contributed by atoms with Crippen molar-refractivity contribution in [2.75, 3.05) is 6.61 Å². The zero-order chi connectivity index (χ0) is 20.9. The molecular formula is C24H31N3O2. The Hall–Kier alpha value is -2.82. The summed E-state index contributed by atoms with van der Waals surface area (Å²) in [5, 5.41) is 3.01. The van der Waals surface area contributed by atoms with Crippen LogP contribution in [-0.2, 0) is 24.3 Å². The molecule has 0 aliphatic heterocycles. The molecule has 0 bridgehead atoms. The molecule has 0 fully saturated rings. The SMILES string of the molecule is CCc1ccc(OCCCn2c(CNC(=O)C(C)(C)C)nc3ccccc32)cc1. The van der Waals surface area contributed by atoms with Gasteiger partial charge in [-0.25, -0.2) is 4.98 Å². The van der Waals surface area contributed by atoms with Crippen molar-refractivity contribution in [3.8, 4) is 5.75 Å². The first-order chi connectivity index (χ1) is 13.9. The van der Waals surface area contributed by atoms with Crippen molar-refractivity contribution in [1.29, 1.82) is 0 Å². The molecular weight excluding hydrogens is 362 g/mol. The molecule has 5 nitrogen and oxygen atoms in total. The van der Waals surface area contributed by atoms with Gasteiger partial charge in [0.05, 0.1) is 24.2 Å². The first-order valence-electron chi connectivity index (χ1n) is 10.3. The number of fused-ring (bicyclic) bond motifs is 1. The standard InChI is InChI=1S/C24H31N3O2/c1-5-18-11-13-19(14-12-18)29-16-8-15-27-21-10-7-6-9-20(21)26-22(27)17-25-23(28)24(2,3)4/h6-7,9-14H,5,8,15-17H2,1-4H3,(H,25,28). The van der Waals surface area contributed by atoms with Gasteiger partial charge in [0.25, 0.3) is 0 Å². The summed E-state index contributed by atoms with van der Waals surface area (Å²) in [7, 11) is 0. The number of nitrogens with one attached hydrogen (secondary N) is 1. The third-order valence-electron chi connectivity index (χ3n) is 4.95. The lowest BCUT2D eigenvalue weighted by Crippen LogP contribution is -2.35. The number of carbonyl (C=O) groups is 1. The number of hydrogen-bond acceptors (Lipinski definition) is 3. The number of aromatic nitrogens is 2. The lowest BCUT2D eigenvalue weighted by Gasteiger charge is -2.18. The van der Waals surface area contributed by atoms with Crippen LogP contribution in [0, 0.1) is 5.41 Å². The minimum absolute atomic E-state index is 0.0231. The fourth-order valence-electron chi connectivity index (χ4n) is 3.17. The molecule has 154 valence electrons. The Morgan fingerprint density at radius 2 is 1.83 bits per heavy atom. The van der Waals surface area contributed by atoms with E-state index in [4.69, 9.17) is 9.72 Å². The van der Waals surface area contributed by atoms with Gasteiger partial charge in [0.2, 0.25) is 5.91 Å². The van der Waals surface area contributed by atoms with E-state index >= 15 is 0 Å². The summed E-state index contributed by atoms with van der Waals surface area (Å²) in [6.45, 7) is 9.72. The Bertz CT molecular complexity index is 952. The number of imidazole rings is 1. The number of amides is 1. The lowest BCUT2D eigenvalue weighted by molar-refractivity contribution is -0.128. The summed E-state index contributed by atoms with van der Waals surface area (Å²) in [4.78, 5) is 17.0. The van der Waals surface area contributed by atoms with Crippen LogP contribution in [0.2, 0.25) is 0 Å². The van der Waals surface area contributed by atoms with Crippen LogP contribution in [0.25, 0.3) is 11.0 Å². The van der Waals surface area contributed by atoms with Crippen molar-refractivity contribution in [3.63, 3.8) is 0 Å². The van der Waals surface area contributed by atoms with E-state index in [-0.39, 0.29) is 5.91 Å². The summed E-state index contributed by atoms with van der Waals surface area (Å²) in [5.74, 6) is 1.79. The molecule has 0 aliphatic carbocycles. The normalized spacial score (nSPS) is 11.6. The topological polar surface area (TPSA) is 56.1 Å². The van der Waals surface area contributed by atoms with Gasteiger partial charge in [-0.2, -0.15) is 0 Å². The first kappa shape index (κ1) is 20.9. The maximum atomic E-state index is 12.3. The Kier molecular flexibility index (Phi) is 6.57. The van der Waals surface area contributed by atoms with Crippen LogP contribution in [0.4, 0.5) is 0 Å². The van der Waals surface area contributed by atoms with Gasteiger partial charge in [-0.05, 0) is 42.7 Å². The van der Waals surface area contributed by atoms with E-state index in [9.17, 15) is 4.79 Å². The number of para-hydroxylation sites is 2. The second kappa shape index (κ2) is 9.12. The highest BCUT2D eigenvalue weighted by Gasteiger charge is 2.21. The van der Waals surface area contributed by atoms with Gasteiger partial charge in [0.15, 0.2) is 0 Å². The highest BCUT2D eigenvalue weighted by molar-refractivity contribution is 5.81. The third kappa shape index (κ3) is 5.37. The van der Waals surface area contributed by atoms with Gasteiger partial charge >= 0.3 is 0 Å². The van der Waals surface area contributed by atoms with Gasteiger partial charge in [0.1, 0.15) is 11.6 Å². The third-order valence-corrected chi connectivity index (χ3v) is 4.95. The van der Waals surface area contributed by atoms with Crippen LogP contribution in [0.1, 0.15) is 45.5 Å². The molecule has 0 saturated carbocycles. The zero-order valence-corrected chi connectivity index (χ0v) is 17.9. The number of rotatable bonds is 8. The quantitative estimate of drug-likeness (QED) is 0.563. The van der Waals surface area contributed by atoms with E-state index < -0.39 is 5.41 Å². The van der Waals surface area contributed by atoms with Crippen LogP contribution in [0.15, 0.2) is 48.5 Å². The van der Waals surface area contributed by atoms with Gasteiger partial charge in [-0.15, -0.1) is 0 Å². The molecule has 0 spiro atoms. The van der Waals surface area contributed by atoms with Crippen molar-refractivity contribution < 1.29 is 9.53 Å². The molecule has 0 saturated heterocycles. The molecule has 3 rings (SSSR count). The average molecular weight is 394 g/mol. The van der Waals surface area contributed by atoms with E-state index in [0.29, 0.717) is 13.2 Å². The van der Waals surface area contributed by atoms with Gasteiger partial charge in [-0.3, -0.25) is 4.79 Å². The van der Waals surface area contributed by atoms with Crippen molar-refractivity contribution in [3.05, 3.63) is 59.9 Å². The molecule has 3 aromatic rings. The van der Waals surface area contributed by atoms with Crippen LogP contribution in [0.5, 0.6) is 5.75 Å².